The van der Waals surface area contributed by atoms with Gasteiger partial charge in [0.1, 0.15) is 11.7 Å². The van der Waals surface area contributed by atoms with E-state index in [0.29, 0.717) is 11.4 Å². The molecule has 31 heavy (non-hydrogen) atoms. The molecule has 0 radical (unpaired) electrons. The number of nitrogens with zero attached hydrogens (tertiary/aromatic N) is 2. The first kappa shape index (κ1) is 19.8. The summed E-state index contributed by atoms with van der Waals surface area (Å²) in [5.74, 6) is -0.646. The molecule has 5 rings (SSSR count). The van der Waals surface area contributed by atoms with E-state index in [-0.39, 0.29) is 11.8 Å². The van der Waals surface area contributed by atoms with Crippen LogP contribution in [-0.2, 0) is 14.4 Å². The summed E-state index contributed by atoms with van der Waals surface area (Å²) >= 11 is 3.41. The van der Waals surface area contributed by atoms with Crippen LogP contribution in [0.5, 0.6) is 5.75 Å². The van der Waals surface area contributed by atoms with E-state index < -0.39 is 18.1 Å². The smallest absolute Gasteiger partial charge is 0.266 e. The van der Waals surface area contributed by atoms with Gasteiger partial charge in [0.15, 0.2) is 6.10 Å². The number of anilines is 2. The lowest BCUT2D eigenvalue weighted by molar-refractivity contribution is -0.126. The van der Waals surface area contributed by atoms with Gasteiger partial charge in [-0.05, 0) is 48.0 Å². The molecule has 2 aliphatic rings. The van der Waals surface area contributed by atoms with Crippen molar-refractivity contribution in [2.45, 2.75) is 12.1 Å². The third kappa shape index (κ3) is 3.30. The van der Waals surface area contributed by atoms with Crippen molar-refractivity contribution in [3.63, 3.8) is 0 Å². The van der Waals surface area contributed by atoms with E-state index in [4.69, 9.17) is 9.57 Å². The van der Waals surface area contributed by atoms with Gasteiger partial charge in [0.25, 0.3) is 5.91 Å². The minimum Gasteiger partial charge on any atom is -0.497 e. The van der Waals surface area contributed by atoms with Crippen LogP contribution in [-0.4, -0.2) is 25.0 Å². The van der Waals surface area contributed by atoms with E-state index in [9.17, 15) is 9.59 Å². The van der Waals surface area contributed by atoms with Gasteiger partial charge in [0, 0.05) is 4.47 Å². The normalized spacial score (nSPS) is 22.7. The largest absolute Gasteiger partial charge is 0.497 e. The van der Waals surface area contributed by atoms with Crippen LogP contribution in [0.3, 0.4) is 0 Å². The van der Waals surface area contributed by atoms with Crippen molar-refractivity contribution < 1.29 is 19.2 Å². The average Bonchev–Trinajstić information content (AvgIpc) is 3.30. The lowest BCUT2D eigenvalue weighted by atomic mass is 9.90. The van der Waals surface area contributed by atoms with E-state index in [1.54, 1.807) is 30.4 Å². The molecule has 0 N–H and O–H groups in total. The Bertz CT molecular complexity index is 1150. The zero-order chi connectivity index (χ0) is 21.5. The number of hydroxylamine groups is 1. The summed E-state index contributed by atoms with van der Waals surface area (Å²) < 4.78 is 6.18. The highest BCUT2D eigenvalue weighted by molar-refractivity contribution is 9.10. The average molecular weight is 479 g/mol. The molecule has 2 heterocycles. The van der Waals surface area contributed by atoms with Gasteiger partial charge in [-0.1, -0.05) is 52.3 Å². The second-order valence-electron chi connectivity index (χ2n) is 7.43. The second kappa shape index (κ2) is 7.83. The molecule has 0 aromatic heterocycles. The maximum atomic E-state index is 13.6. The molecule has 156 valence electrons. The van der Waals surface area contributed by atoms with Crippen molar-refractivity contribution >= 4 is 39.1 Å². The van der Waals surface area contributed by atoms with Gasteiger partial charge in [0.2, 0.25) is 5.91 Å². The number of carbonyl (C=O) groups excluding carboxylic acids is 2. The molecule has 6 nitrogen and oxygen atoms in total. The molecule has 3 unspecified atom stereocenters. The van der Waals surface area contributed by atoms with Crippen molar-refractivity contribution in [1.82, 2.24) is 0 Å². The Morgan fingerprint density at radius 2 is 1.61 bits per heavy atom. The third-order valence-electron chi connectivity index (χ3n) is 5.63. The Morgan fingerprint density at radius 1 is 0.871 bits per heavy atom. The van der Waals surface area contributed by atoms with Crippen molar-refractivity contribution in [1.29, 1.82) is 0 Å². The first-order chi connectivity index (χ1) is 15.1. The Labute approximate surface area is 188 Å². The topological polar surface area (TPSA) is 59.1 Å². The lowest BCUT2D eigenvalue weighted by Gasteiger charge is -2.29. The molecule has 0 spiro atoms. The summed E-state index contributed by atoms with van der Waals surface area (Å²) in [5.41, 5.74) is 2.14. The first-order valence-electron chi connectivity index (χ1n) is 9.87. The standard InChI is InChI=1S/C24H19BrN2O4/c1-30-19-12-5-7-15(13-19)21-20-22(31-27(21)17-9-3-2-4-10-17)24(29)26(23(20)28)18-11-6-8-16(25)14-18/h2-14,20-22H,1H3. The van der Waals surface area contributed by atoms with Crippen LogP contribution < -0.4 is 14.7 Å². The molecule has 3 aromatic carbocycles. The van der Waals surface area contributed by atoms with Gasteiger partial charge in [-0.2, -0.15) is 0 Å². The number of halogens is 1. The van der Waals surface area contributed by atoms with E-state index >= 15 is 0 Å². The molecule has 2 saturated heterocycles. The molecular formula is C24H19BrN2O4. The summed E-state index contributed by atoms with van der Waals surface area (Å²) in [4.78, 5) is 34.3. The maximum Gasteiger partial charge on any atom is 0.266 e. The van der Waals surface area contributed by atoms with Gasteiger partial charge in [-0.25, -0.2) is 9.96 Å². The Hall–Kier alpha value is -3.16. The van der Waals surface area contributed by atoms with Crippen molar-refractivity contribution in [2.24, 2.45) is 5.92 Å². The summed E-state index contributed by atoms with van der Waals surface area (Å²) in [6, 6.07) is 23.7. The summed E-state index contributed by atoms with van der Waals surface area (Å²) in [6.07, 6.45) is -0.900. The highest BCUT2D eigenvalue weighted by atomic mass is 79.9. The Balaban J connectivity index is 1.60. The summed E-state index contributed by atoms with van der Waals surface area (Å²) in [5, 5.41) is 1.68. The van der Waals surface area contributed by atoms with Gasteiger partial charge in [-0.15, -0.1) is 0 Å². The number of benzene rings is 3. The number of hydrogen-bond acceptors (Lipinski definition) is 5. The van der Waals surface area contributed by atoms with Crippen LogP contribution in [0.15, 0.2) is 83.3 Å². The van der Waals surface area contributed by atoms with Crippen LogP contribution in [0, 0.1) is 5.92 Å². The number of imide groups is 1. The predicted molar refractivity (Wildman–Crippen MR) is 120 cm³/mol. The van der Waals surface area contributed by atoms with Gasteiger partial charge >= 0.3 is 0 Å². The molecule has 0 bridgehead atoms. The van der Waals surface area contributed by atoms with Crippen LogP contribution in [0.25, 0.3) is 0 Å². The molecule has 0 saturated carbocycles. The van der Waals surface area contributed by atoms with Gasteiger partial charge in [-0.3, -0.25) is 14.4 Å². The molecule has 7 heteroatoms. The molecular weight excluding hydrogens is 460 g/mol. The van der Waals surface area contributed by atoms with E-state index in [2.05, 4.69) is 15.9 Å². The highest BCUT2D eigenvalue weighted by Gasteiger charge is 2.60. The van der Waals surface area contributed by atoms with Crippen molar-refractivity contribution in [3.05, 3.63) is 88.9 Å². The lowest BCUT2D eigenvalue weighted by Crippen LogP contribution is -2.37. The number of rotatable bonds is 4. The van der Waals surface area contributed by atoms with Crippen LogP contribution >= 0.6 is 15.9 Å². The van der Waals surface area contributed by atoms with E-state index in [1.807, 2.05) is 60.7 Å². The fourth-order valence-electron chi connectivity index (χ4n) is 4.25. The number of fused-ring (bicyclic) bond motifs is 1. The third-order valence-corrected chi connectivity index (χ3v) is 6.12. The van der Waals surface area contributed by atoms with Crippen LogP contribution in [0.2, 0.25) is 0 Å². The Morgan fingerprint density at radius 3 is 2.35 bits per heavy atom. The zero-order valence-electron chi connectivity index (χ0n) is 16.6. The first-order valence-corrected chi connectivity index (χ1v) is 10.7. The summed E-state index contributed by atoms with van der Waals surface area (Å²) in [6.45, 7) is 0. The molecule has 0 aliphatic carbocycles. The second-order valence-corrected chi connectivity index (χ2v) is 8.34. The predicted octanol–water partition coefficient (Wildman–Crippen LogP) is 4.51. The maximum absolute atomic E-state index is 13.6. The summed E-state index contributed by atoms with van der Waals surface area (Å²) in [7, 11) is 1.60. The van der Waals surface area contributed by atoms with Crippen molar-refractivity contribution in [2.75, 3.05) is 17.1 Å². The fraction of sp³-hybridized carbons (Fsp3) is 0.167. The molecule has 2 amide bonds. The minimum atomic E-state index is -0.900. The number of ether oxygens (including phenoxy) is 1. The quantitative estimate of drug-likeness (QED) is 0.516. The SMILES string of the molecule is COc1cccc(C2C3C(=O)N(c4cccc(Br)c4)C(=O)C3ON2c2ccccc2)c1. The van der Waals surface area contributed by atoms with Crippen LogP contribution in [0.4, 0.5) is 11.4 Å². The van der Waals surface area contributed by atoms with E-state index in [1.165, 1.54) is 4.90 Å². The Kier molecular flexibility index (Phi) is 5.00. The molecule has 3 atom stereocenters. The molecule has 2 aliphatic heterocycles. The highest BCUT2D eigenvalue weighted by Crippen LogP contribution is 2.48. The number of hydrogen-bond donors (Lipinski definition) is 0. The van der Waals surface area contributed by atoms with Crippen LogP contribution in [0.1, 0.15) is 11.6 Å². The number of methoxy groups -OCH3 is 1. The number of para-hydroxylation sites is 1. The van der Waals surface area contributed by atoms with Gasteiger partial charge in [0.05, 0.1) is 24.5 Å². The molecule has 2 fully saturated rings. The number of carbonyl (C=O) groups is 2. The zero-order valence-corrected chi connectivity index (χ0v) is 18.2. The number of amides is 2. The van der Waals surface area contributed by atoms with E-state index in [0.717, 1.165) is 15.7 Å². The fourth-order valence-corrected chi connectivity index (χ4v) is 4.63. The van der Waals surface area contributed by atoms with Gasteiger partial charge < -0.3 is 4.74 Å². The van der Waals surface area contributed by atoms with Crippen molar-refractivity contribution in [3.8, 4) is 5.75 Å². The molecule has 3 aromatic rings. The minimum absolute atomic E-state index is 0.278. The monoisotopic (exact) mass is 478 g/mol.